The van der Waals surface area contributed by atoms with Crippen LogP contribution in [0, 0.1) is 0 Å². The zero-order valence-electron chi connectivity index (χ0n) is 17.0. The smallest absolute Gasteiger partial charge is 0.410 e. The number of amides is 1. The molecule has 7 nitrogen and oxygen atoms in total. The third kappa shape index (κ3) is 10.2. The Kier molecular flexibility index (Phi) is 9.93. The minimum absolute atomic E-state index is 0.327. The highest BCUT2D eigenvalue weighted by Crippen LogP contribution is 2.12. The van der Waals surface area contributed by atoms with E-state index in [2.05, 4.69) is 27.2 Å². The molecule has 0 bridgehead atoms. The number of carbonyl (C=O) groups is 1. The average molecular weight is 376 g/mol. The average Bonchev–Trinajstić information content (AvgIpc) is 2.61. The van der Waals surface area contributed by atoms with E-state index in [9.17, 15) is 4.79 Å². The molecular formula is C20H33N5O2. The summed E-state index contributed by atoms with van der Waals surface area (Å²) >= 11 is 0. The van der Waals surface area contributed by atoms with Crippen molar-refractivity contribution in [1.82, 2.24) is 20.5 Å². The number of nitrogens with zero attached hydrogens (tertiary/aromatic N) is 3. The minimum Gasteiger partial charge on any atom is -0.444 e. The largest absolute Gasteiger partial charge is 0.444 e. The molecule has 7 heteroatoms. The third-order valence-corrected chi connectivity index (χ3v) is 3.36. The SMILES string of the molecule is C=CCNC(=NCCCN(Cc1cccnc1)C(=O)OC(C)(C)C)NCC. The van der Waals surface area contributed by atoms with Crippen LogP contribution in [0.2, 0.25) is 0 Å². The number of carbonyl (C=O) groups excluding carboxylic acids is 1. The molecule has 0 aliphatic heterocycles. The van der Waals surface area contributed by atoms with E-state index in [1.54, 1.807) is 23.4 Å². The summed E-state index contributed by atoms with van der Waals surface area (Å²) in [5.74, 6) is 0.744. The lowest BCUT2D eigenvalue weighted by Gasteiger charge is -2.27. The monoisotopic (exact) mass is 375 g/mol. The van der Waals surface area contributed by atoms with Crippen LogP contribution in [0.1, 0.15) is 39.7 Å². The van der Waals surface area contributed by atoms with E-state index in [4.69, 9.17) is 4.74 Å². The number of guanidine groups is 1. The first-order valence-electron chi connectivity index (χ1n) is 9.35. The van der Waals surface area contributed by atoms with Crippen molar-refractivity contribution in [2.45, 2.75) is 46.3 Å². The number of hydrogen-bond donors (Lipinski definition) is 2. The standard InChI is InChI=1S/C20H33N5O2/c1-6-11-23-18(22-7-2)24-13-9-14-25(19(26)27-20(3,4)5)16-17-10-8-12-21-15-17/h6,8,10,12,15H,1,7,9,11,13-14,16H2,2-5H3,(H2,22,23,24). The van der Waals surface area contributed by atoms with Crippen molar-refractivity contribution in [1.29, 1.82) is 0 Å². The maximum absolute atomic E-state index is 12.5. The molecule has 1 aromatic rings. The van der Waals surface area contributed by atoms with Crippen molar-refractivity contribution < 1.29 is 9.53 Å². The van der Waals surface area contributed by atoms with Crippen molar-refractivity contribution in [2.24, 2.45) is 4.99 Å². The molecule has 27 heavy (non-hydrogen) atoms. The van der Waals surface area contributed by atoms with Gasteiger partial charge in [-0.05, 0) is 45.7 Å². The van der Waals surface area contributed by atoms with Gasteiger partial charge in [0.15, 0.2) is 5.96 Å². The Labute approximate surface area is 162 Å². The number of rotatable bonds is 9. The van der Waals surface area contributed by atoms with Gasteiger partial charge in [-0.3, -0.25) is 9.98 Å². The fraction of sp³-hybridized carbons (Fsp3) is 0.550. The number of ether oxygens (including phenoxy) is 1. The minimum atomic E-state index is -0.532. The molecule has 0 saturated carbocycles. The molecule has 150 valence electrons. The lowest BCUT2D eigenvalue weighted by Crippen LogP contribution is -2.38. The van der Waals surface area contributed by atoms with Gasteiger partial charge in [-0.25, -0.2) is 4.79 Å². The summed E-state index contributed by atoms with van der Waals surface area (Å²) in [4.78, 5) is 22.9. The van der Waals surface area contributed by atoms with Gasteiger partial charge >= 0.3 is 6.09 Å². The van der Waals surface area contributed by atoms with E-state index in [0.717, 1.165) is 24.5 Å². The topological polar surface area (TPSA) is 78.9 Å². The van der Waals surface area contributed by atoms with Crippen molar-refractivity contribution in [3.05, 3.63) is 42.7 Å². The number of nitrogens with one attached hydrogen (secondary N) is 2. The van der Waals surface area contributed by atoms with Crippen molar-refractivity contribution in [3.8, 4) is 0 Å². The van der Waals surface area contributed by atoms with Crippen LogP contribution in [-0.4, -0.2) is 53.7 Å². The predicted molar refractivity (Wildman–Crippen MR) is 110 cm³/mol. The molecule has 0 fully saturated rings. The Hall–Kier alpha value is -2.57. The predicted octanol–water partition coefficient (Wildman–Crippen LogP) is 2.95. The third-order valence-electron chi connectivity index (χ3n) is 3.36. The Balaban J connectivity index is 2.67. The van der Waals surface area contributed by atoms with Gasteiger partial charge in [0.2, 0.25) is 0 Å². The second-order valence-corrected chi connectivity index (χ2v) is 7.05. The Morgan fingerprint density at radius 3 is 2.78 bits per heavy atom. The van der Waals surface area contributed by atoms with Gasteiger partial charge in [-0.2, -0.15) is 0 Å². The van der Waals surface area contributed by atoms with E-state index in [1.165, 1.54) is 0 Å². The molecule has 0 spiro atoms. The zero-order valence-corrected chi connectivity index (χ0v) is 17.0. The number of hydrogen-bond acceptors (Lipinski definition) is 4. The molecule has 0 atom stereocenters. The second-order valence-electron chi connectivity index (χ2n) is 7.05. The normalized spacial score (nSPS) is 11.6. The molecule has 0 aromatic carbocycles. The van der Waals surface area contributed by atoms with Gasteiger partial charge in [0.25, 0.3) is 0 Å². The van der Waals surface area contributed by atoms with Crippen LogP contribution in [0.25, 0.3) is 0 Å². The van der Waals surface area contributed by atoms with Crippen LogP contribution in [0.4, 0.5) is 4.79 Å². The van der Waals surface area contributed by atoms with Gasteiger partial charge in [0, 0.05) is 38.6 Å². The summed E-state index contributed by atoms with van der Waals surface area (Å²) in [5, 5.41) is 6.34. The summed E-state index contributed by atoms with van der Waals surface area (Å²) in [7, 11) is 0. The van der Waals surface area contributed by atoms with E-state index in [-0.39, 0.29) is 6.09 Å². The van der Waals surface area contributed by atoms with E-state index in [1.807, 2.05) is 39.8 Å². The first-order chi connectivity index (χ1) is 12.9. The Morgan fingerprint density at radius 1 is 1.41 bits per heavy atom. The highest BCUT2D eigenvalue weighted by molar-refractivity contribution is 5.79. The summed E-state index contributed by atoms with van der Waals surface area (Å²) < 4.78 is 5.54. The van der Waals surface area contributed by atoms with Crippen LogP contribution in [0.5, 0.6) is 0 Å². The van der Waals surface area contributed by atoms with Crippen LogP contribution in [-0.2, 0) is 11.3 Å². The molecule has 0 aliphatic rings. The van der Waals surface area contributed by atoms with Gasteiger partial charge in [0.1, 0.15) is 5.60 Å². The van der Waals surface area contributed by atoms with Crippen molar-refractivity contribution in [2.75, 3.05) is 26.2 Å². The lowest BCUT2D eigenvalue weighted by atomic mass is 10.2. The molecule has 0 unspecified atom stereocenters. The molecule has 1 heterocycles. The van der Waals surface area contributed by atoms with E-state index >= 15 is 0 Å². The zero-order chi connectivity index (χ0) is 20.1. The molecule has 1 rings (SSSR count). The molecule has 1 aromatic heterocycles. The lowest BCUT2D eigenvalue weighted by molar-refractivity contribution is 0.0232. The molecule has 0 aliphatic carbocycles. The quantitative estimate of drug-likeness (QED) is 0.300. The summed E-state index contributed by atoms with van der Waals surface area (Å²) in [6.07, 6.45) is 5.66. The summed E-state index contributed by atoms with van der Waals surface area (Å²) in [5.41, 5.74) is 0.433. The van der Waals surface area contributed by atoms with Crippen molar-refractivity contribution >= 4 is 12.1 Å². The molecule has 2 N–H and O–H groups in total. The Bertz CT molecular complexity index is 596. The van der Waals surface area contributed by atoms with Crippen LogP contribution < -0.4 is 10.6 Å². The Morgan fingerprint density at radius 2 is 2.19 bits per heavy atom. The molecule has 0 radical (unpaired) electrons. The molecule has 1 amide bonds. The maximum atomic E-state index is 12.5. The van der Waals surface area contributed by atoms with Gasteiger partial charge in [-0.1, -0.05) is 12.1 Å². The second kappa shape index (κ2) is 11.9. The van der Waals surface area contributed by atoms with Crippen LogP contribution >= 0.6 is 0 Å². The van der Waals surface area contributed by atoms with Crippen LogP contribution in [0.3, 0.4) is 0 Å². The number of aliphatic imine (C=N–C) groups is 1. The van der Waals surface area contributed by atoms with E-state index in [0.29, 0.717) is 26.2 Å². The highest BCUT2D eigenvalue weighted by atomic mass is 16.6. The fourth-order valence-electron chi connectivity index (χ4n) is 2.24. The fourth-order valence-corrected chi connectivity index (χ4v) is 2.24. The molecule has 0 saturated heterocycles. The van der Waals surface area contributed by atoms with Gasteiger partial charge in [0.05, 0.1) is 6.54 Å². The van der Waals surface area contributed by atoms with Gasteiger partial charge in [-0.15, -0.1) is 6.58 Å². The summed E-state index contributed by atoms with van der Waals surface area (Å²) in [6, 6.07) is 3.81. The first kappa shape index (κ1) is 22.5. The van der Waals surface area contributed by atoms with Crippen molar-refractivity contribution in [3.63, 3.8) is 0 Å². The molecular weight excluding hydrogens is 342 g/mol. The first-order valence-corrected chi connectivity index (χ1v) is 9.35. The van der Waals surface area contributed by atoms with Gasteiger partial charge < -0.3 is 20.3 Å². The van der Waals surface area contributed by atoms with Crippen LogP contribution in [0.15, 0.2) is 42.2 Å². The van der Waals surface area contributed by atoms with E-state index < -0.39 is 5.60 Å². The number of aromatic nitrogens is 1. The summed E-state index contributed by atoms with van der Waals surface area (Å²) in [6.45, 7) is 14.3. The maximum Gasteiger partial charge on any atom is 0.410 e. The highest BCUT2D eigenvalue weighted by Gasteiger charge is 2.22. The number of pyridine rings is 1.